The Morgan fingerprint density at radius 1 is 1.69 bits per heavy atom. The predicted molar refractivity (Wildman–Crippen MR) is 63.1 cm³/mol. The third kappa shape index (κ3) is 3.27. The Labute approximate surface area is 103 Å². The second-order valence-electron chi connectivity index (χ2n) is 3.29. The van der Waals surface area contributed by atoms with Gasteiger partial charge < -0.3 is 4.74 Å². The first kappa shape index (κ1) is 13.6. The molecule has 8 heteroatoms. The molecule has 0 aliphatic heterocycles. The second kappa shape index (κ2) is 5.76. The maximum Gasteiger partial charge on any atom is 0.244 e. The number of hydrogen-bond donors (Lipinski definition) is 2. The average molecular weight is 312 g/mol. The minimum atomic E-state index is -3.53. The molecule has 0 fully saturated rings. The number of aromatic nitrogens is 2. The van der Waals surface area contributed by atoms with Gasteiger partial charge in [0.1, 0.15) is 4.90 Å². The molecule has 0 aliphatic rings. The number of methoxy groups -OCH3 is 1. The highest BCUT2D eigenvalue weighted by Gasteiger charge is 2.22. The molecular formula is C8H14BrN3O3S. The van der Waals surface area contributed by atoms with Gasteiger partial charge in [-0.1, -0.05) is 15.9 Å². The van der Waals surface area contributed by atoms with Crippen molar-refractivity contribution < 1.29 is 13.2 Å². The fourth-order valence-corrected chi connectivity index (χ4v) is 3.13. The molecule has 0 saturated carbocycles. The lowest BCUT2D eigenvalue weighted by Gasteiger charge is -2.14. The van der Waals surface area contributed by atoms with Crippen LogP contribution in [0.25, 0.3) is 0 Å². The van der Waals surface area contributed by atoms with Gasteiger partial charge in [0.2, 0.25) is 10.0 Å². The van der Waals surface area contributed by atoms with E-state index in [1.165, 1.54) is 13.3 Å². The summed E-state index contributed by atoms with van der Waals surface area (Å²) in [4.78, 5) is 0.162. The van der Waals surface area contributed by atoms with Crippen LogP contribution in [0.3, 0.4) is 0 Å². The molecule has 0 aliphatic carbocycles. The van der Waals surface area contributed by atoms with Crippen molar-refractivity contribution in [2.75, 3.05) is 19.0 Å². The zero-order valence-corrected chi connectivity index (χ0v) is 11.4. The van der Waals surface area contributed by atoms with Gasteiger partial charge >= 0.3 is 0 Å². The number of H-pyrrole nitrogens is 1. The molecule has 2 N–H and O–H groups in total. The molecule has 6 nitrogen and oxygen atoms in total. The van der Waals surface area contributed by atoms with Crippen LogP contribution >= 0.6 is 15.9 Å². The van der Waals surface area contributed by atoms with E-state index in [4.69, 9.17) is 4.74 Å². The highest BCUT2D eigenvalue weighted by Crippen LogP contribution is 2.11. The standard InChI is InChI=1S/C8H14BrN3O3S/c1-6-8(4-10-11-6)16(13,14)12-7(3-9)5-15-2/h4,7,12H,3,5H2,1-2H3,(H,10,11). The number of nitrogens with one attached hydrogen (secondary N) is 2. The summed E-state index contributed by atoms with van der Waals surface area (Å²) in [6, 6.07) is -0.302. The lowest BCUT2D eigenvalue weighted by molar-refractivity contribution is 0.182. The Bertz CT molecular complexity index is 431. The van der Waals surface area contributed by atoms with Crippen LogP contribution in [0.15, 0.2) is 11.1 Å². The molecule has 0 bridgehead atoms. The Kier molecular flexibility index (Phi) is 4.90. The topological polar surface area (TPSA) is 84.1 Å². The third-order valence-corrected chi connectivity index (χ3v) is 4.36. The molecule has 1 aromatic rings. The maximum absolute atomic E-state index is 11.9. The Balaban J connectivity index is 2.83. The van der Waals surface area contributed by atoms with E-state index < -0.39 is 10.0 Å². The first-order valence-electron chi connectivity index (χ1n) is 4.58. The number of aryl methyl sites for hydroxylation is 1. The van der Waals surface area contributed by atoms with Gasteiger partial charge in [0.15, 0.2) is 0 Å². The van der Waals surface area contributed by atoms with Gasteiger partial charge in [0.05, 0.1) is 24.5 Å². The molecule has 0 radical (unpaired) electrons. The first-order valence-corrected chi connectivity index (χ1v) is 7.19. The van der Waals surface area contributed by atoms with Crippen LogP contribution in [-0.4, -0.2) is 43.7 Å². The summed E-state index contributed by atoms with van der Waals surface area (Å²) >= 11 is 3.22. The number of rotatable bonds is 6. The van der Waals surface area contributed by atoms with Crippen molar-refractivity contribution in [3.05, 3.63) is 11.9 Å². The summed E-state index contributed by atoms with van der Waals surface area (Å²) in [5.41, 5.74) is 0.512. The molecule has 1 rings (SSSR count). The molecule has 16 heavy (non-hydrogen) atoms. The summed E-state index contributed by atoms with van der Waals surface area (Å²) in [6.07, 6.45) is 1.29. The van der Waals surface area contributed by atoms with Gasteiger partial charge in [-0.25, -0.2) is 13.1 Å². The molecule has 1 heterocycles. The normalized spacial score (nSPS) is 13.9. The van der Waals surface area contributed by atoms with Crippen LogP contribution in [0.2, 0.25) is 0 Å². The van der Waals surface area contributed by atoms with Gasteiger partial charge in [0.25, 0.3) is 0 Å². The van der Waals surface area contributed by atoms with Crippen molar-refractivity contribution in [2.45, 2.75) is 17.9 Å². The van der Waals surface area contributed by atoms with Crippen molar-refractivity contribution in [2.24, 2.45) is 0 Å². The quantitative estimate of drug-likeness (QED) is 0.745. The van der Waals surface area contributed by atoms with E-state index in [1.54, 1.807) is 6.92 Å². The fraction of sp³-hybridized carbons (Fsp3) is 0.625. The number of nitrogens with zero attached hydrogens (tertiary/aromatic N) is 1. The monoisotopic (exact) mass is 311 g/mol. The molecule has 92 valence electrons. The van der Waals surface area contributed by atoms with Crippen LogP contribution in [0.4, 0.5) is 0 Å². The number of alkyl halides is 1. The molecule has 1 aromatic heterocycles. The summed E-state index contributed by atoms with van der Waals surface area (Å²) in [6.45, 7) is 1.96. The second-order valence-corrected chi connectivity index (χ2v) is 5.62. The number of aromatic amines is 1. The number of ether oxygens (including phenoxy) is 1. The van der Waals surface area contributed by atoms with Gasteiger partial charge in [-0.05, 0) is 6.92 Å². The van der Waals surface area contributed by atoms with E-state index in [9.17, 15) is 8.42 Å². The van der Waals surface area contributed by atoms with E-state index in [2.05, 4.69) is 30.8 Å². The average Bonchev–Trinajstić information content (AvgIpc) is 2.64. The minimum Gasteiger partial charge on any atom is -0.383 e. The molecule has 0 aromatic carbocycles. The molecule has 1 unspecified atom stereocenters. The SMILES string of the molecule is COCC(CBr)NS(=O)(=O)c1cn[nH]c1C. The van der Waals surface area contributed by atoms with Crippen molar-refractivity contribution >= 4 is 26.0 Å². The lowest BCUT2D eigenvalue weighted by Crippen LogP contribution is -2.39. The third-order valence-electron chi connectivity index (χ3n) is 1.95. The molecule has 0 amide bonds. The molecular weight excluding hydrogens is 298 g/mol. The lowest BCUT2D eigenvalue weighted by atomic mass is 10.4. The number of hydrogen-bond acceptors (Lipinski definition) is 4. The van der Waals surface area contributed by atoms with E-state index >= 15 is 0 Å². The van der Waals surface area contributed by atoms with Crippen molar-refractivity contribution in [1.29, 1.82) is 0 Å². The van der Waals surface area contributed by atoms with Crippen LogP contribution in [-0.2, 0) is 14.8 Å². The van der Waals surface area contributed by atoms with Crippen LogP contribution in [0.1, 0.15) is 5.69 Å². The van der Waals surface area contributed by atoms with Crippen LogP contribution in [0, 0.1) is 6.92 Å². The van der Waals surface area contributed by atoms with Crippen molar-refractivity contribution in [1.82, 2.24) is 14.9 Å². The number of halogens is 1. The largest absolute Gasteiger partial charge is 0.383 e. The zero-order chi connectivity index (χ0) is 12.2. The summed E-state index contributed by atoms with van der Waals surface area (Å²) in [7, 11) is -2.01. The van der Waals surface area contributed by atoms with Gasteiger partial charge in [0, 0.05) is 12.4 Å². The first-order chi connectivity index (χ1) is 7.51. The van der Waals surface area contributed by atoms with Gasteiger partial charge in [-0.2, -0.15) is 5.10 Å². The summed E-state index contributed by atoms with van der Waals surface area (Å²) in [5.74, 6) is 0. The zero-order valence-electron chi connectivity index (χ0n) is 9.03. The predicted octanol–water partition coefficient (Wildman–Crippen LogP) is 0.406. The van der Waals surface area contributed by atoms with E-state index in [0.29, 0.717) is 17.6 Å². The highest BCUT2D eigenvalue weighted by atomic mass is 79.9. The smallest absolute Gasteiger partial charge is 0.244 e. The number of sulfonamides is 1. The molecule has 0 spiro atoms. The van der Waals surface area contributed by atoms with Gasteiger partial charge in [-0.15, -0.1) is 0 Å². The van der Waals surface area contributed by atoms with Crippen LogP contribution in [0.5, 0.6) is 0 Å². The van der Waals surface area contributed by atoms with E-state index in [-0.39, 0.29) is 10.9 Å². The van der Waals surface area contributed by atoms with E-state index in [0.717, 1.165) is 0 Å². The maximum atomic E-state index is 11.9. The van der Waals surface area contributed by atoms with Crippen molar-refractivity contribution in [3.8, 4) is 0 Å². The summed E-state index contributed by atoms with van der Waals surface area (Å²) in [5, 5.41) is 6.75. The Hall–Kier alpha value is -0.440. The minimum absolute atomic E-state index is 0.162. The van der Waals surface area contributed by atoms with Crippen molar-refractivity contribution in [3.63, 3.8) is 0 Å². The Morgan fingerprint density at radius 2 is 2.38 bits per heavy atom. The van der Waals surface area contributed by atoms with Gasteiger partial charge in [-0.3, -0.25) is 5.10 Å². The van der Waals surface area contributed by atoms with E-state index in [1.807, 2.05) is 0 Å². The Morgan fingerprint density at radius 3 is 2.81 bits per heavy atom. The molecule has 1 atom stereocenters. The molecule has 0 saturated heterocycles. The summed E-state index contributed by atoms with van der Waals surface area (Å²) < 4.78 is 31.3. The van der Waals surface area contributed by atoms with Crippen LogP contribution < -0.4 is 4.72 Å². The fourth-order valence-electron chi connectivity index (χ4n) is 1.20. The highest BCUT2D eigenvalue weighted by molar-refractivity contribution is 9.09.